The molecule has 1 aliphatic heterocycles. The van der Waals surface area contributed by atoms with Gasteiger partial charge in [0.05, 0.1) is 18.8 Å². The third-order valence-corrected chi connectivity index (χ3v) is 7.75. The number of nitrogens with one attached hydrogen (secondary N) is 4. The average molecular weight is 609 g/mol. The molecule has 242 valence electrons. The van der Waals surface area contributed by atoms with Crippen molar-refractivity contribution < 1.29 is 19.3 Å². The van der Waals surface area contributed by atoms with E-state index in [1.54, 1.807) is 19.2 Å². The Morgan fingerprint density at radius 3 is 1.86 bits per heavy atom. The second kappa shape index (κ2) is 19.7. The van der Waals surface area contributed by atoms with Gasteiger partial charge in [-0.05, 0) is 73.7 Å². The first-order valence-electron chi connectivity index (χ1n) is 16.2. The molecular formula is C34H52N6O4. The van der Waals surface area contributed by atoms with Crippen molar-refractivity contribution in [3.8, 4) is 0 Å². The second-order valence-electron chi connectivity index (χ2n) is 11.2. The highest BCUT2D eigenvalue weighted by Crippen LogP contribution is 2.17. The Hall–Kier alpha value is -3.47. The van der Waals surface area contributed by atoms with Gasteiger partial charge in [-0.25, -0.2) is 24.6 Å². The zero-order chi connectivity index (χ0) is 31.6. The number of guanidine groups is 2. The third kappa shape index (κ3) is 12.3. The maximum atomic E-state index is 12.6. The van der Waals surface area contributed by atoms with Gasteiger partial charge in [0.15, 0.2) is 0 Å². The number of hydrogen-bond donors (Lipinski definition) is 4. The lowest BCUT2D eigenvalue weighted by atomic mass is 10.0. The van der Waals surface area contributed by atoms with E-state index < -0.39 is 6.29 Å². The number of benzene rings is 2. The Labute approximate surface area is 263 Å². The molecule has 3 rings (SSSR count). The van der Waals surface area contributed by atoms with Crippen LogP contribution in [-0.4, -0.2) is 44.4 Å². The minimum absolute atomic E-state index is 0.300. The van der Waals surface area contributed by atoms with Crippen molar-refractivity contribution >= 4 is 29.3 Å². The SMILES string of the molecule is CCCCC(CC)COOCc1ccc(NC2=NC(NC)N=C(Nc3ccc(C(=O)OCC(CC)CCCC)cc3)N2)cc1. The Kier molecular flexibility index (Phi) is 15.7. The zero-order valence-corrected chi connectivity index (χ0v) is 27.2. The van der Waals surface area contributed by atoms with Crippen molar-refractivity contribution in [2.75, 3.05) is 30.9 Å². The van der Waals surface area contributed by atoms with Crippen LogP contribution in [0.15, 0.2) is 58.5 Å². The summed E-state index contributed by atoms with van der Waals surface area (Å²) in [5.41, 5.74) is 3.18. The molecule has 1 heterocycles. The van der Waals surface area contributed by atoms with Crippen LogP contribution >= 0.6 is 0 Å². The predicted octanol–water partition coefficient (Wildman–Crippen LogP) is 7.07. The van der Waals surface area contributed by atoms with E-state index in [1.165, 1.54) is 19.3 Å². The van der Waals surface area contributed by atoms with Crippen LogP contribution in [0, 0.1) is 11.8 Å². The molecule has 0 saturated heterocycles. The highest BCUT2D eigenvalue weighted by molar-refractivity contribution is 6.10. The van der Waals surface area contributed by atoms with Crippen molar-refractivity contribution in [1.29, 1.82) is 0 Å². The molecule has 44 heavy (non-hydrogen) atoms. The Morgan fingerprint density at radius 1 is 0.795 bits per heavy atom. The van der Waals surface area contributed by atoms with E-state index in [1.807, 2.05) is 36.4 Å². The van der Waals surface area contributed by atoms with Gasteiger partial charge in [0.1, 0.15) is 6.61 Å². The highest BCUT2D eigenvalue weighted by Gasteiger charge is 2.17. The van der Waals surface area contributed by atoms with Crippen LogP contribution in [-0.2, 0) is 21.1 Å². The lowest BCUT2D eigenvalue weighted by Crippen LogP contribution is -2.46. The quantitative estimate of drug-likeness (QED) is 0.0579. The number of esters is 1. The molecule has 0 amide bonds. The summed E-state index contributed by atoms with van der Waals surface area (Å²) in [6.07, 6.45) is 8.62. The van der Waals surface area contributed by atoms with Crippen LogP contribution in [0.5, 0.6) is 0 Å². The molecule has 0 radical (unpaired) electrons. The van der Waals surface area contributed by atoms with E-state index in [9.17, 15) is 4.79 Å². The molecule has 0 spiro atoms. The van der Waals surface area contributed by atoms with Crippen LogP contribution in [0.2, 0.25) is 0 Å². The normalized spacial score (nSPS) is 15.9. The molecule has 0 saturated carbocycles. The first-order valence-corrected chi connectivity index (χ1v) is 16.2. The van der Waals surface area contributed by atoms with E-state index in [4.69, 9.17) is 14.5 Å². The minimum Gasteiger partial charge on any atom is -0.462 e. The summed E-state index contributed by atoms with van der Waals surface area (Å²) in [7, 11) is 1.80. The number of nitrogens with zero attached hydrogens (tertiary/aromatic N) is 2. The molecule has 2 aromatic carbocycles. The summed E-state index contributed by atoms with van der Waals surface area (Å²) in [6.45, 7) is 10.2. The number of hydrogen-bond acceptors (Lipinski definition) is 10. The fraction of sp³-hybridized carbons (Fsp3) is 0.559. The number of rotatable bonds is 19. The third-order valence-electron chi connectivity index (χ3n) is 7.75. The van der Waals surface area contributed by atoms with E-state index in [2.05, 4.69) is 58.9 Å². The van der Waals surface area contributed by atoms with E-state index in [-0.39, 0.29) is 5.97 Å². The lowest BCUT2D eigenvalue weighted by molar-refractivity contribution is -0.310. The monoisotopic (exact) mass is 608 g/mol. The maximum Gasteiger partial charge on any atom is 0.338 e. The molecule has 10 heteroatoms. The van der Waals surface area contributed by atoms with Gasteiger partial charge in [-0.1, -0.05) is 78.4 Å². The number of anilines is 2. The van der Waals surface area contributed by atoms with Gasteiger partial charge in [-0.2, -0.15) is 0 Å². The summed E-state index contributed by atoms with van der Waals surface area (Å²) >= 11 is 0. The van der Waals surface area contributed by atoms with Gasteiger partial charge in [0, 0.05) is 11.4 Å². The second-order valence-corrected chi connectivity index (χ2v) is 11.2. The summed E-state index contributed by atoms with van der Waals surface area (Å²) in [4.78, 5) is 32.6. The highest BCUT2D eigenvalue weighted by atomic mass is 17.2. The molecule has 0 fully saturated rings. The summed E-state index contributed by atoms with van der Waals surface area (Å²) in [5.74, 6) is 1.71. The average Bonchev–Trinajstić information content (AvgIpc) is 3.05. The smallest absolute Gasteiger partial charge is 0.338 e. The van der Waals surface area contributed by atoms with Gasteiger partial charge >= 0.3 is 5.97 Å². The van der Waals surface area contributed by atoms with Crippen LogP contribution < -0.4 is 21.3 Å². The number of ether oxygens (including phenoxy) is 1. The number of carbonyl (C=O) groups is 1. The molecule has 3 atom stereocenters. The van der Waals surface area contributed by atoms with Crippen LogP contribution in [0.1, 0.15) is 95.0 Å². The molecule has 4 N–H and O–H groups in total. The van der Waals surface area contributed by atoms with Gasteiger partial charge in [-0.3, -0.25) is 10.6 Å². The standard InChI is InChI=1S/C34H52N6O4/c1-6-10-12-25(8-3)22-42-31(41)28-16-20-30(21-17-28)37-34-39-32(35-5)38-33(40-34)36-29-18-14-27(15-19-29)24-44-43-23-26(9-4)13-11-7-2/h14-21,25-26,32,35H,6-13,22-24H2,1-5H3,(H3,36,37,38,39,40). The topological polar surface area (TPSA) is 118 Å². The number of carbonyl (C=O) groups excluding carboxylic acids is 1. The fourth-order valence-electron chi connectivity index (χ4n) is 4.68. The molecule has 0 aromatic heterocycles. The Morgan fingerprint density at radius 2 is 1.34 bits per heavy atom. The van der Waals surface area contributed by atoms with Gasteiger partial charge in [0.25, 0.3) is 0 Å². The van der Waals surface area contributed by atoms with E-state index in [0.29, 0.717) is 49.1 Å². The predicted molar refractivity (Wildman–Crippen MR) is 179 cm³/mol. The maximum absolute atomic E-state index is 12.6. The Bertz CT molecular complexity index is 1170. The van der Waals surface area contributed by atoms with Crippen LogP contribution in [0.25, 0.3) is 0 Å². The number of unbranched alkanes of at least 4 members (excludes halogenated alkanes) is 2. The molecule has 0 bridgehead atoms. The summed E-state index contributed by atoms with van der Waals surface area (Å²) in [5, 5.41) is 12.8. The molecule has 2 aromatic rings. The minimum atomic E-state index is -0.469. The van der Waals surface area contributed by atoms with Crippen molar-refractivity contribution in [1.82, 2.24) is 10.6 Å². The molecule has 10 nitrogen and oxygen atoms in total. The molecular weight excluding hydrogens is 556 g/mol. The van der Waals surface area contributed by atoms with Crippen LogP contribution in [0.3, 0.4) is 0 Å². The fourth-order valence-corrected chi connectivity index (χ4v) is 4.68. The van der Waals surface area contributed by atoms with Crippen molar-refractivity contribution in [2.24, 2.45) is 21.8 Å². The van der Waals surface area contributed by atoms with E-state index in [0.717, 1.165) is 49.0 Å². The lowest BCUT2D eigenvalue weighted by Gasteiger charge is -2.22. The van der Waals surface area contributed by atoms with Crippen molar-refractivity contribution in [2.45, 2.75) is 92.0 Å². The van der Waals surface area contributed by atoms with Gasteiger partial charge in [0.2, 0.25) is 18.2 Å². The Balaban J connectivity index is 1.47. The molecule has 3 unspecified atom stereocenters. The molecule has 1 aliphatic rings. The van der Waals surface area contributed by atoms with Crippen molar-refractivity contribution in [3.63, 3.8) is 0 Å². The summed E-state index contributed by atoms with van der Waals surface area (Å²) < 4.78 is 5.58. The van der Waals surface area contributed by atoms with Gasteiger partial charge in [-0.15, -0.1) is 0 Å². The number of aliphatic imine (C=N–C) groups is 2. The van der Waals surface area contributed by atoms with E-state index >= 15 is 0 Å². The first-order chi connectivity index (χ1) is 21.5. The zero-order valence-electron chi connectivity index (χ0n) is 27.2. The van der Waals surface area contributed by atoms with Gasteiger partial charge < -0.3 is 15.4 Å². The van der Waals surface area contributed by atoms with Crippen molar-refractivity contribution in [3.05, 3.63) is 59.7 Å². The first kappa shape index (κ1) is 35.0. The molecule has 0 aliphatic carbocycles. The van der Waals surface area contributed by atoms with Crippen LogP contribution in [0.4, 0.5) is 11.4 Å². The summed E-state index contributed by atoms with van der Waals surface area (Å²) in [6, 6.07) is 15.1. The largest absolute Gasteiger partial charge is 0.462 e.